The molecular weight excluding hydrogens is 382 g/mol. The SMILES string of the molecule is Cc1ccccc1C(=O)NNC(=O)NCc1cccc(NC(=O)c2ccncc2)c1. The molecule has 0 spiro atoms. The van der Waals surface area contributed by atoms with Crippen molar-refractivity contribution in [3.05, 3.63) is 95.3 Å². The summed E-state index contributed by atoms with van der Waals surface area (Å²) in [5, 5.41) is 5.44. The van der Waals surface area contributed by atoms with E-state index in [9.17, 15) is 14.4 Å². The molecule has 0 fully saturated rings. The van der Waals surface area contributed by atoms with Crippen LogP contribution in [0.3, 0.4) is 0 Å². The maximum Gasteiger partial charge on any atom is 0.333 e. The molecule has 0 saturated carbocycles. The predicted octanol–water partition coefficient (Wildman–Crippen LogP) is 2.79. The molecule has 3 rings (SSSR count). The fourth-order valence-electron chi connectivity index (χ4n) is 2.70. The van der Waals surface area contributed by atoms with E-state index >= 15 is 0 Å². The largest absolute Gasteiger partial charge is 0.333 e. The van der Waals surface area contributed by atoms with Gasteiger partial charge >= 0.3 is 6.03 Å². The van der Waals surface area contributed by atoms with E-state index in [0.29, 0.717) is 16.8 Å². The highest BCUT2D eigenvalue weighted by molar-refractivity contribution is 6.04. The van der Waals surface area contributed by atoms with Gasteiger partial charge in [0.15, 0.2) is 0 Å². The molecule has 1 heterocycles. The van der Waals surface area contributed by atoms with Crippen LogP contribution in [0.15, 0.2) is 73.1 Å². The molecule has 152 valence electrons. The molecule has 8 nitrogen and oxygen atoms in total. The van der Waals surface area contributed by atoms with Gasteiger partial charge in [-0.15, -0.1) is 0 Å². The van der Waals surface area contributed by atoms with Gasteiger partial charge in [-0.25, -0.2) is 10.2 Å². The molecule has 0 atom stereocenters. The Morgan fingerprint density at radius 1 is 0.867 bits per heavy atom. The number of aryl methyl sites for hydroxylation is 1. The number of pyridine rings is 1. The van der Waals surface area contributed by atoms with Crippen LogP contribution in [0.4, 0.5) is 10.5 Å². The number of anilines is 1. The average molecular weight is 403 g/mol. The minimum atomic E-state index is -0.553. The van der Waals surface area contributed by atoms with E-state index in [1.165, 1.54) is 0 Å². The van der Waals surface area contributed by atoms with Crippen molar-refractivity contribution >= 4 is 23.5 Å². The van der Waals surface area contributed by atoms with Crippen molar-refractivity contribution < 1.29 is 14.4 Å². The lowest BCUT2D eigenvalue weighted by Crippen LogP contribution is -2.46. The Hall–Kier alpha value is -4.20. The van der Waals surface area contributed by atoms with Crippen LogP contribution < -0.4 is 21.5 Å². The minimum absolute atomic E-state index is 0.213. The third-order valence-electron chi connectivity index (χ3n) is 4.26. The number of carbonyl (C=O) groups excluding carboxylic acids is 3. The molecule has 1 aromatic heterocycles. The fraction of sp³-hybridized carbons (Fsp3) is 0.0909. The minimum Gasteiger partial charge on any atom is -0.333 e. The van der Waals surface area contributed by atoms with E-state index in [1.807, 2.05) is 25.1 Å². The van der Waals surface area contributed by atoms with E-state index in [4.69, 9.17) is 0 Å². The first-order valence-corrected chi connectivity index (χ1v) is 9.23. The topological polar surface area (TPSA) is 112 Å². The van der Waals surface area contributed by atoms with Crippen molar-refractivity contribution in [2.75, 3.05) is 5.32 Å². The van der Waals surface area contributed by atoms with Crippen molar-refractivity contribution in [1.29, 1.82) is 0 Å². The number of rotatable bonds is 5. The van der Waals surface area contributed by atoms with Crippen LogP contribution in [-0.2, 0) is 6.54 Å². The number of hydrogen-bond acceptors (Lipinski definition) is 4. The lowest BCUT2D eigenvalue weighted by atomic mass is 10.1. The Bertz CT molecular complexity index is 1050. The first-order valence-electron chi connectivity index (χ1n) is 9.23. The molecule has 8 heteroatoms. The molecule has 0 bridgehead atoms. The standard InChI is InChI=1S/C22H21N5O3/c1-15-5-2-3-8-19(15)21(29)26-27-22(30)24-14-16-6-4-7-18(13-16)25-20(28)17-9-11-23-12-10-17/h2-13H,14H2,1H3,(H,25,28)(H,26,29)(H2,24,27,30). The Morgan fingerprint density at radius 2 is 1.63 bits per heavy atom. The highest BCUT2D eigenvalue weighted by Crippen LogP contribution is 2.12. The molecular formula is C22H21N5O3. The highest BCUT2D eigenvalue weighted by Gasteiger charge is 2.10. The monoisotopic (exact) mass is 403 g/mol. The Balaban J connectivity index is 1.49. The number of hydrazine groups is 1. The van der Waals surface area contributed by atoms with Gasteiger partial charge in [0.25, 0.3) is 11.8 Å². The molecule has 4 amide bonds. The second kappa shape index (κ2) is 9.83. The maximum atomic E-state index is 12.2. The number of nitrogens with one attached hydrogen (secondary N) is 4. The van der Waals surface area contributed by atoms with Crippen LogP contribution in [0, 0.1) is 6.92 Å². The zero-order chi connectivity index (χ0) is 21.3. The average Bonchev–Trinajstić information content (AvgIpc) is 2.77. The van der Waals surface area contributed by atoms with Crippen LogP contribution in [0.5, 0.6) is 0 Å². The third-order valence-corrected chi connectivity index (χ3v) is 4.26. The van der Waals surface area contributed by atoms with Gasteiger partial charge in [0.05, 0.1) is 0 Å². The summed E-state index contributed by atoms with van der Waals surface area (Å²) in [7, 11) is 0. The lowest BCUT2D eigenvalue weighted by Gasteiger charge is -2.11. The summed E-state index contributed by atoms with van der Waals surface area (Å²) in [6.45, 7) is 2.03. The third kappa shape index (κ3) is 5.65. The molecule has 4 N–H and O–H groups in total. The number of carbonyl (C=O) groups is 3. The fourth-order valence-corrected chi connectivity index (χ4v) is 2.70. The summed E-state index contributed by atoms with van der Waals surface area (Å²) in [5.74, 6) is -0.650. The molecule has 0 aliphatic rings. The summed E-state index contributed by atoms with van der Waals surface area (Å²) in [6.07, 6.45) is 3.09. The summed E-state index contributed by atoms with van der Waals surface area (Å²) < 4.78 is 0. The van der Waals surface area contributed by atoms with Crippen LogP contribution in [0.25, 0.3) is 0 Å². The van der Waals surface area contributed by atoms with Crippen LogP contribution in [0.1, 0.15) is 31.8 Å². The summed E-state index contributed by atoms with van der Waals surface area (Å²) >= 11 is 0. The van der Waals surface area contributed by atoms with Gasteiger partial charge in [-0.05, 0) is 48.4 Å². The number of urea groups is 1. The first-order chi connectivity index (χ1) is 14.5. The molecule has 0 radical (unpaired) electrons. The quantitative estimate of drug-likeness (QED) is 0.491. The molecule has 30 heavy (non-hydrogen) atoms. The number of nitrogens with zero attached hydrogens (tertiary/aromatic N) is 1. The van der Waals surface area contributed by atoms with E-state index in [-0.39, 0.29) is 12.5 Å². The Morgan fingerprint density at radius 3 is 2.40 bits per heavy atom. The molecule has 0 aliphatic carbocycles. The van der Waals surface area contributed by atoms with Crippen molar-refractivity contribution in [2.24, 2.45) is 0 Å². The van der Waals surface area contributed by atoms with Gasteiger partial charge in [0, 0.05) is 35.8 Å². The van der Waals surface area contributed by atoms with Gasteiger partial charge in [0.1, 0.15) is 0 Å². The van der Waals surface area contributed by atoms with Gasteiger partial charge < -0.3 is 10.6 Å². The normalized spacial score (nSPS) is 10.0. The van der Waals surface area contributed by atoms with Crippen molar-refractivity contribution in [1.82, 2.24) is 21.2 Å². The van der Waals surface area contributed by atoms with Crippen molar-refractivity contribution in [2.45, 2.75) is 13.5 Å². The summed E-state index contributed by atoms with van der Waals surface area (Å²) in [4.78, 5) is 40.2. The molecule has 0 aliphatic heterocycles. The van der Waals surface area contributed by atoms with Crippen molar-refractivity contribution in [3.63, 3.8) is 0 Å². The molecule has 0 saturated heterocycles. The number of benzene rings is 2. The van der Waals surface area contributed by atoms with Gasteiger partial charge in [0.2, 0.25) is 0 Å². The van der Waals surface area contributed by atoms with E-state index in [2.05, 4.69) is 26.5 Å². The summed E-state index contributed by atoms with van der Waals surface area (Å²) in [5.41, 5.74) is 7.86. The molecule has 3 aromatic rings. The Labute approximate surface area is 173 Å². The summed E-state index contributed by atoms with van der Waals surface area (Å²) in [6, 6.07) is 16.9. The van der Waals surface area contributed by atoms with Gasteiger partial charge in [-0.2, -0.15) is 0 Å². The van der Waals surface area contributed by atoms with Crippen LogP contribution in [0.2, 0.25) is 0 Å². The second-order valence-corrected chi connectivity index (χ2v) is 6.47. The molecule has 2 aromatic carbocycles. The molecule has 0 unspecified atom stereocenters. The van der Waals surface area contributed by atoms with Gasteiger partial charge in [-0.1, -0.05) is 30.3 Å². The van der Waals surface area contributed by atoms with Crippen LogP contribution >= 0.6 is 0 Å². The van der Waals surface area contributed by atoms with E-state index in [1.54, 1.807) is 54.9 Å². The second-order valence-electron chi connectivity index (χ2n) is 6.47. The van der Waals surface area contributed by atoms with E-state index in [0.717, 1.165) is 11.1 Å². The van der Waals surface area contributed by atoms with Crippen molar-refractivity contribution in [3.8, 4) is 0 Å². The lowest BCUT2D eigenvalue weighted by molar-refractivity contribution is 0.0935. The maximum absolute atomic E-state index is 12.2. The predicted molar refractivity (Wildman–Crippen MR) is 113 cm³/mol. The van der Waals surface area contributed by atoms with E-state index < -0.39 is 11.9 Å². The van der Waals surface area contributed by atoms with Gasteiger partial charge in [-0.3, -0.25) is 20.0 Å². The smallest absolute Gasteiger partial charge is 0.333 e. The number of amides is 4. The highest BCUT2D eigenvalue weighted by atomic mass is 16.2. The Kier molecular flexibility index (Phi) is 6.73. The van der Waals surface area contributed by atoms with Crippen LogP contribution in [-0.4, -0.2) is 22.8 Å². The number of aromatic nitrogens is 1. The number of hydrogen-bond donors (Lipinski definition) is 4. The zero-order valence-electron chi connectivity index (χ0n) is 16.3. The zero-order valence-corrected chi connectivity index (χ0v) is 16.3. The first kappa shape index (κ1) is 20.5.